The Labute approximate surface area is 179 Å². The van der Waals surface area contributed by atoms with Gasteiger partial charge in [0.25, 0.3) is 5.91 Å². The van der Waals surface area contributed by atoms with E-state index in [9.17, 15) is 4.79 Å². The summed E-state index contributed by atoms with van der Waals surface area (Å²) < 4.78 is 14.7. The van der Waals surface area contributed by atoms with Crippen LogP contribution < -0.4 is 0 Å². The van der Waals surface area contributed by atoms with E-state index in [1.807, 2.05) is 35.0 Å². The Morgan fingerprint density at radius 2 is 2.00 bits per heavy atom. The standard InChI is InChI=1S/C22H26N4O3S/c1-24-16(6-7-23-24)14-25-8-13-29-18(15-25)20-17-4-2-3-5-19(17)30-21(20)22(27)26-9-11-28-12-10-26/h2-7,18H,8-15H2,1H3. The molecule has 4 heterocycles. The average Bonchev–Trinajstić information content (AvgIpc) is 3.37. The number of thiophene rings is 1. The molecular formula is C22H26N4O3S. The number of fused-ring (bicyclic) bond motifs is 1. The molecule has 2 fully saturated rings. The van der Waals surface area contributed by atoms with Gasteiger partial charge in [-0.05, 0) is 17.5 Å². The molecule has 0 aliphatic carbocycles. The zero-order valence-corrected chi connectivity index (χ0v) is 17.9. The fourth-order valence-corrected chi connectivity index (χ4v) is 5.48. The third kappa shape index (κ3) is 3.76. The molecule has 0 spiro atoms. The quantitative estimate of drug-likeness (QED) is 0.642. The molecule has 0 radical (unpaired) electrons. The lowest BCUT2D eigenvalue weighted by molar-refractivity contribution is -0.0332. The molecule has 1 amide bonds. The van der Waals surface area contributed by atoms with Crippen LogP contribution in [0.5, 0.6) is 0 Å². The van der Waals surface area contributed by atoms with Crippen molar-refractivity contribution in [3.63, 3.8) is 0 Å². The third-order valence-electron chi connectivity index (χ3n) is 5.91. The zero-order valence-electron chi connectivity index (χ0n) is 17.1. The van der Waals surface area contributed by atoms with Gasteiger partial charge in [0.2, 0.25) is 0 Å². The van der Waals surface area contributed by atoms with E-state index in [0.717, 1.165) is 40.2 Å². The molecule has 8 heteroatoms. The van der Waals surface area contributed by atoms with Crippen LogP contribution in [-0.4, -0.2) is 71.5 Å². The highest BCUT2D eigenvalue weighted by Crippen LogP contribution is 2.39. The predicted octanol–water partition coefficient (Wildman–Crippen LogP) is 2.68. The van der Waals surface area contributed by atoms with E-state index in [4.69, 9.17) is 9.47 Å². The van der Waals surface area contributed by atoms with Gasteiger partial charge in [0.05, 0.1) is 36.5 Å². The Morgan fingerprint density at radius 1 is 1.17 bits per heavy atom. The molecular weight excluding hydrogens is 400 g/mol. The van der Waals surface area contributed by atoms with Gasteiger partial charge in [0, 0.05) is 56.2 Å². The van der Waals surface area contributed by atoms with Crippen molar-refractivity contribution >= 4 is 27.3 Å². The summed E-state index contributed by atoms with van der Waals surface area (Å²) in [5, 5.41) is 5.41. The molecule has 158 valence electrons. The monoisotopic (exact) mass is 426 g/mol. The van der Waals surface area contributed by atoms with Crippen LogP contribution in [-0.2, 0) is 23.1 Å². The summed E-state index contributed by atoms with van der Waals surface area (Å²) in [6.45, 7) is 5.60. The first-order valence-electron chi connectivity index (χ1n) is 10.4. The Bertz CT molecular complexity index is 1040. The van der Waals surface area contributed by atoms with Gasteiger partial charge in [-0.25, -0.2) is 0 Å². The van der Waals surface area contributed by atoms with Crippen molar-refractivity contribution in [1.82, 2.24) is 19.6 Å². The molecule has 30 heavy (non-hydrogen) atoms. The minimum Gasteiger partial charge on any atom is -0.378 e. The van der Waals surface area contributed by atoms with Gasteiger partial charge in [-0.2, -0.15) is 5.10 Å². The maximum atomic E-state index is 13.4. The van der Waals surface area contributed by atoms with E-state index in [1.165, 1.54) is 5.69 Å². The summed E-state index contributed by atoms with van der Waals surface area (Å²) in [5.41, 5.74) is 2.22. The van der Waals surface area contributed by atoms with E-state index in [2.05, 4.69) is 28.2 Å². The molecule has 2 aromatic heterocycles. The highest BCUT2D eigenvalue weighted by molar-refractivity contribution is 7.21. The van der Waals surface area contributed by atoms with Crippen LogP contribution in [0.1, 0.15) is 27.0 Å². The predicted molar refractivity (Wildman–Crippen MR) is 116 cm³/mol. The number of carbonyl (C=O) groups is 1. The second-order valence-corrected chi connectivity index (χ2v) is 8.84. The molecule has 1 atom stereocenters. The highest BCUT2D eigenvalue weighted by atomic mass is 32.1. The number of amides is 1. The van der Waals surface area contributed by atoms with Gasteiger partial charge < -0.3 is 14.4 Å². The van der Waals surface area contributed by atoms with Crippen LogP contribution in [0.3, 0.4) is 0 Å². The number of benzene rings is 1. The molecule has 1 unspecified atom stereocenters. The molecule has 0 saturated carbocycles. The van der Waals surface area contributed by atoms with Crippen LogP contribution in [0.2, 0.25) is 0 Å². The van der Waals surface area contributed by atoms with Gasteiger partial charge in [-0.15, -0.1) is 11.3 Å². The summed E-state index contributed by atoms with van der Waals surface area (Å²) in [7, 11) is 1.97. The van der Waals surface area contributed by atoms with Crippen LogP contribution in [0.4, 0.5) is 0 Å². The van der Waals surface area contributed by atoms with E-state index in [-0.39, 0.29) is 12.0 Å². The smallest absolute Gasteiger partial charge is 0.264 e. The molecule has 0 bridgehead atoms. The number of aromatic nitrogens is 2. The lowest BCUT2D eigenvalue weighted by Crippen LogP contribution is -2.41. The number of hydrogen-bond acceptors (Lipinski definition) is 6. The Morgan fingerprint density at radius 3 is 2.80 bits per heavy atom. The molecule has 2 saturated heterocycles. The maximum absolute atomic E-state index is 13.4. The highest BCUT2D eigenvalue weighted by Gasteiger charge is 2.32. The van der Waals surface area contributed by atoms with Crippen molar-refractivity contribution in [2.45, 2.75) is 12.6 Å². The van der Waals surface area contributed by atoms with Crippen LogP contribution in [0.15, 0.2) is 36.5 Å². The minimum absolute atomic E-state index is 0.0989. The average molecular weight is 427 g/mol. The topological polar surface area (TPSA) is 59.8 Å². The lowest BCUT2D eigenvalue weighted by Gasteiger charge is -2.34. The van der Waals surface area contributed by atoms with E-state index >= 15 is 0 Å². The summed E-state index contributed by atoms with van der Waals surface area (Å²) in [6.07, 6.45) is 1.71. The van der Waals surface area contributed by atoms with Gasteiger partial charge in [0.15, 0.2) is 0 Å². The van der Waals surface area contributed by atoms with Crippen molar-refractivity contribution in [2.75, 3.05) is 46.0 Å². The SMILES string of the molecule is Cn1nccc1CN1CCOC(c2c(C(=O)N3CCOCC3)sc3ccccc23)C1. The first-order chi connectivity index (χ1) is 14.7. The molecule has 2 aliphatic heterocycles. The van der Waals surface area contributed by atoms with E-state index in [1.54, 1.807) is 11.3 Å². The number of rotatable bonds is 4. The van der Waals surface area contributed by atoms with Crippen molar-refractivity contribution in [3.05, 3.63) is 52.7 Å². The van der Waals surface area contributed by atoms with Crippen LogP contribution in [0, 0.1) is 0 Å². The fourth-order valence-electron chi connectivity index (χ4n) is 4.26. The van der Waals surface area contributed by atoms with Gasteiger partial charge in [-0.1, -0.05) is 18.2 Å². The van der Waals surface area contributed by atoms with Crippen molar-refractivity contribution in [3.8, 4) is 0 Å². The van der Waals surface area contributed by atoms with Gasteiger partial charge in [0.1, 0.15) is 0 Å². The van der Waals surface area contributed by atoms with Crippen molar-refractivity contribution in [1.29, 1.82) is 0 Å². The number of aryl methyl sites for hydroxylation is 1. The van der Waals surface area contributed by atoms with Crippen molar-refractivity contribution < 1.29 is 14.3 Å². The normalized spacial score (nSPS) is 20.7. The van der Waals surface area contributed by atoms with Crippen molar-refractivity contribution in [2.24, 2.45) is 7.05 Å². The molecule has 5 rings (SSSR count). The largest absolute Gasteiger partial charge is 0.378 e. The number of carbonyl (C=O) groups excluding carboxylic acids is 1. The number of morpholine rings is 2. The van der Waals surface area contributed by atoms with Gasteiger partial charge >= 0.3 is 0 Å². The maximum Gasteiger partial charge on any atom is 0.264 e. The van der Waals surface area contributed by atoms with Crippen LogP contribution >= 0.6 is 11.3 Å². The van der Waals surface area contributed by atoms with Gasteiger partial charge in [-0.3, -0.25) is 14.4 Å². The number of nitrogens with zero attached hydrogens (tertiary/aromatic N) is 4. The second-order valence-electron chi connectivity index (χ2n) is 7.79. The first kappa shape index (κ1) is 19.7. The summed E-state index contributed by atoms with van der Waals surface area (Å²) in [4.78, 5) is 18.5. The number of hydrogen-bond donors (Lipinski definition) is 0. The molecule has 1 aromatic carbocycles. The molecule has 7 nitrogen and oxygen atoms in total. The fraction of sp³-hybridized carbons (Fsp3) is 0.455. The first-order valence-corrected chi connectivity index (χ1v) is 11.2. The van der Waals surface area contributed by atoms with Crippen LogP contribution in [0.25, 0.3) is 10.1 Å². The molecule has 0 N–H and O–H groups in total. The third-order valence-corrected chi connectivity index (χ3v) is 7.08. The molecule has 3 aromatic rings. The summed E-state index contributed by atoms with van der Waals surface area (Å²) in [5.74, 6) is 0.0989. The Kier molecular flexibility index (Phi) is 5.56. The summed E-state index contributed by atoms with van der Waals surface area (Å²) in [6, 6.07) is 10.3. The summed E-state index contributed by atoms with van der Waals surface area (Å²) >= 11 is 1.58. The molecule has 2 aliphatic rings. The van der Waals surface area contributed by atoms with E-state index in [0.29, 0.717) is 32.9 Å². The lowest BCUT2D eigenvalue weighted by atomic mass is 10.0. The minimum atomic E-state index is -0.122. The Hall–Kier alpha value is -2.26. The number of ether oxygens (including phenoxy) is 2. The van der Waals surface area contributed by atoms with E-state index < -0.39 is 0 Å². The zero-order chi connectivity index (χ0) is 20.5. The Balaban J connectivity index is 1.46. The second kappa shape index (κ2) is 8.47.